The highest BCUT2D eigenvalue weighted by Crippen LogP contribution is 2.08. The molecule has 2 N–H and O–H groups in total. The normalized spacial score (nSPS) is 10.8. The van der Waals surface area contributed by atoms with Crippen LogP contribution in [0.2, 0.25) is 0 Å². The second-order valence-corrected chi connectivity index (χ2v) is 4.86. The number of nitrogens with one attached hydrogen (secondary N) is 2. The lowest BCUT2D eigenvalue weighted by molar-refractivity contribution is -0.121. The van der Waals surface area contributed by atoms with Crippen LogP contribution in [0.4, 0.5) is 8.78 Å². The molecule has 1 amide bonds. The predicted molar refractivity (Wildman–Crippen MR) is 70.5 cm³/mol. The highest BCUT2D eigenvalue weighted by molar-refractivity contribution is 5.76. The van der Waals surface area contributed by atoms with Crippen LogP contribution in [0.5, 0.6) is 0 Å². The largest absolute Gasteiger partial charge is 0.356 e. The average Bonchev–Trinajstić information content (AvgIpc) is 2.34. The van der Waals surface area contributed by atoms with Gasteiger partial charge in [0.1, 0.15) is 11.6 Å². The summed E-state index contributed by atoms with van der Waals surface area (Å²) in [4.78, 5) is 11.4. The molecule has 0 heterocycles. The van der Waals surface area contributed by atoms with E-state index < -0.39 is 11.6 Å². The highest BCUT2D eigenvalue weighted by atomic mass is 19.1. The highest BCUT2D eigenvalue weighted by Gasteiger charge is 2.04. The smallest absolute Gasteiger partial charge is 0.221 e. The summed E-state index contributed by atoms with van der Waals surface area (Å²) >= 11 is 0. The van der Waals surface area contributed by atoms with Gasteiger partial charge < -0.3 is 10.6 Å². The summed E-state index contributed by atoms with van der Waals surface area (Å²) in [6.45, 7) is 5.45. The Kier molecular flexibility index (Phi) is 6.42. The number of halogens is 2. The standard InChI is InChI=1S/C14H20F2N2O/c1-10(2)8-18-14(19)5-6-17-9-11-3-4-12(15)7-13(11)16/h3-4,7,10,17H,5-6,8-9H2,1-2H3,(H,18,19). The molecule has 0 saturated heterocycles. The molecular formula is C14H20F2N2O. The van der Waals surface area contributed by atoms with Crippen LogP contribution in [0.15, 0.2) is 18.2 Å². The van der Waals surface area contributed by atoms with Gasteiger partial charge in [-0.1, -0.05) is 19.9 Å². The van der Waals surface area contributed by atoms with Gasteiger partial charge in [0.05, 0.1) is 0 Å². The Morgan fingerprint density at radius 1 is 1.32 bits per heavy atom. The summed E-state index contributed by atoms with van der Waals surface area (Å²) in [6, 6.07) is 3.47. The molecule has 0 aliphatic carbocycles. The van der Waals surface area contributed by atoms with Crippen molar-refractivity contribution in [2.24, 2.45) is 5.92 Å². The zero-order chi connectivity index (χ0) is 14.3. The minimum atomic E-state index is -0.589. The molecule has 0 saturated carbocycles. The maximum atomic E-state index is 13.3. The van der Waals surface area contributed by atoms with Gasteiger partial charge in [0.15, 0.2) is 0 Å². The van der Waals surface area contributed by atoms with Gasteiger partial charge in [0, 0.05) is 37.7 Å². The van der Waals surface area contributed by atoms with Crippen LogP contribution in [0.1, 0.15) is 25.8 Å². The lowest BCUT2D eigenvalue weighted by Gasteiger charge is -2.08. The molecule has 0 bridgehead atoms. The van der Waals surface area contributed by atoms with Crippen molar-refractivity contribution < 1.29 is 13.6 Å². The van der Waals surface area contributed by atoms with Crippen LogP contribution in [-0.2, 0) is 11.3 Å². The molecule has 0 aliphatic rings. The van der Waals surface area contributed by atoms with Crippen molar-refractivity contribution in [1.29, 1.82) is 0 Å². The van der Waals surface area contributed by atoms with Crippen LogP contribution in [0.3, 0.4) is 0 Å². The minimum Gasteiger partial charge on any atom is -0.356 e. The van der Waals surface area contributed by atoms with Crippen molar-refractivity contribution in [2.45, 2.75) is 26.8 Å². The van der Waals surface area contributed by atoms with E-state index in [9.17, 15) is 13.6 Å². The van der Waals surface area contributed by atoms with Gasteiger partial charge in [-0.2, -0.15) is 0 Å². The first-order valence-corrected chi connectivity index (χ1v) is 6.40. The average molecular weight is 270 g/mol. The van der Waals surface area contributed by atoms with Crippen LogP contribution in [0, 0.1) is 17.6 Å². The lowest BCUT2D eigenvalue weighted by atomic mass is 10.2. The van der Waals surface area contributed by atoms with Crippen molar-refractivity contribution in [3.8, 4) is 0 Å². The van der Waals surface area contributed by atoms with E-state index in [-0.39, 0.29) is 12.5 Å². The van der Waals surface area contributed by atoms with Gasteiger partial charge in [-0.25, -0.2) is 8.78 Å². The molecule has 0 spiro atoms. The fraction of sp³-hybridized carbons (Fsp3) is 0.500. The summed E-state index contributed by atoms with van der Waals surface area (Å²) in [6.07, 6.45) is 0.343. The van der Waals surface area contributed by atoms with Gasteiger partial charge in [-0.05, 0) is 12.0 Å². The SMILES string of the molecule is CC(C)CNC(=O)CCNCc1ccc(F)cc1F. The molecular weight excluding hydrogens is 250 g/mol. The molecule has 1 rings (SSSR count). The van der Waals surface area contributed by atoms with Crippen molar-refractivity contribution in [3.63, 3.8) is 0 Å². The Labute approximate surface area is 112 Å². The van der Waals surface area contributed by atoms with Gasteiger partial charge in [0.2, 0.25) is 5.91 Å². The van der Waals surface area contributed by atoms with Crippen molar-refractivity contribution in [2.75, 3.05) is 13.1 Å². The first-order chi connectivity index (χ1) is 8.99. The van der Waals surface area contributed by atoms with E-state index in [1.54, 1.807) is 0 Å². The van der Waals surface area contributed by atoms with Crippen molar-refractivity contribution in [1.82, 2.24) is 10.6 Å². The molecule has 3 nitrogen and oxygen atoms in total. The fourth-order valence-electron chi connectivity index (χ4n) is 1.50. The van der Waals surface area contributed by atoms with Gasteiger partial charge in [-0.15, -0.1) is 0 Å². The van der Waals surface area contributed by atoms with E-state index in [4.69, 9.17) is 0 Å². The molecule has 0 atom stereocenters. The molecule has 19 heavy (non-hydrogen) atoms. The molecule has 0 radical (unpaired) electrons. The van der Waals surface area contributed by atoms with Crippen LogP contribution in [0.25, 0.3) is 0 Å². The Balaban J connectivity index is 2.22. The third-order valence-corrected chi connectivity index (χ3v) is 2.57. The summed E-state index contributed by atoms with van der Waals surface area (Å²) < 4.78 is 26.0. The molecule has 106 valence electrons. The predicted octanol–water partition coefficient (Wildman–Crippen LogP) is 2.22. The van der Waals surface area contributed by atoms with E-state index in [2.05, 4.69) is 10.6 Å². The van der Waals surface area contributed by atoms with E-state index in [0.29, 0.717) is 31.0 Å². The monoisotopic (exact) mass is 270 g/mol. The summed E-state index contributed by atoms with van der Waals surface area (Å²) in [5.74, 6) is -0.767. The third kappa shape index (κ3) is 6.29. The number of hydrogen-bond donors (Lipinski definition) is 2. The van der Waals surface area contributed by atoms with E-state index in [1.165, 1.54) is 12.1 Å². The van der Waals surface area contributed by atoms with Crippen LogP contribution in [-0.4, -0.2) is 19.0 Å². The fourth-order valence-corrected chi connectivity index (χ4v) is 1.50. The number of amides is 1. The molecule has 1 aromatic rings. The molecule has 5 heteroatoms. The van der Waals surface area contributed by atoms with Crippen LogP contribution >= 0.6 is 0 Å². The number of benzene rings is 1. The van der Waals surface area contributed by atoms with Gasteiger partial charge in [0.25, 0.3) is 0 Å². The number of carbonyl (C=O) groups is 1. The van der Waals surface area contributed by atoms with Crippen molar-refractivity contribution in [3.05, 3.63) is 35.4 Å². The van der Waals surface area contributed by atoms with E-state index in [0.717, 1.165) is 6.07 Å². The number of rotatable bonds is 7. The first-order valence-electron chi connectivity index (χ1n) is 6.40. The first kappa shape index (κ1) is 15.6. The maximum Gasteiger partial charge on any atom is 0.221 e. The maximum absolute atomic E-state index is 13.3. The summed E-state index contributed by atoms with van der Waals surface area (Å²) in [5, 5.41) is 5.75. The Hall–Kier alpha value is -1.49. The molecule has 0 aliphatic heterocycles. The molecule has 0 unspecified atom stereocenters. The van der Waals surface area contributed by atoms with Crippen molar-refractivity contribution >= 4 is 5.91 Å². The molecule has 0 fully saturated rings. The van der Waals surface area contributed by atoms with Crippen LogP contribution < -0.4 is 10.6 Å². The second kappa shape index (κ2) is 7.84. The zero-order valence-electron chi connectivity index (χ0n) is 11.3. The van der Waals surface area contributed by atoms with Gasteiger partial charge in [-0.3, -0.25) is 4.79 Å². The Morgan fingerprint density at radius 3 is 2.68 bits per heavy atom. The minimum absolute atomic E-state index is 0.0271. The van der Waals surface area contributed by atoms with Gasteiger partial charge >= 0.3 is 0 Å². The van der Waals surface area contributed by atoms with E-state index >= 15 is 0 Å². The zero-order valence-corrected chi connectivity index (χ0v) is 11.3. The third-order valence-electron chi connectivity index (χ3n) is 2.57. The second-order valence-electron chi connectivity index (χ2n) is 4.86. The Bertz CT molecular complexity index is 422. The summed E-state index contributed by atoms with van der Waals surface area (Å²) in [5.41, 5.74) is 0.393. The topological polar surface area (TPSA) is 41.1 Å². The quantitative estimate of drug-likeness (QED) is 0.746. The number of carbonyl (C=O) groups excluding carboxylic acids is 1. The lowest BCUT2D eigenvalue weighted by Crippen LogP contribution is -2.30. The molecule has 0 aromatic heterocycles. The summed E-state index contributed by atoms with van der Waals surface area (Å²) in [7, 11) is 0. The molecule has 1 aromatic carbocycles. The number of hydrogen-bond acceptors (Lipinski definition) is 2. The Morgan fingerprint density at radius 2 is 2.05 bits per heavy atom. The van der Waals surface area contributed by atoms with E-state index in [1.807, 2.05) is 13.8 Å².